The van der Waals surface area contributed by atoms with E-state index in [1.54, 1.807) is 0 Å². The van der Waals surface area contributed by atoms with Crippen molar-refractivity contribution >= 4 is 17.7 Å². The van der Waals surface area contributed by atoms with Crippen LogP contribution in [0.15, 0.2) is 18.2 Å². The Hall–Kier alpha value is -2.24. The van der Waals surface area contributed by atoms with Gasteiger partial charge in [0.15, 0.2) is 0 Å². The third-order valence-corrected chi connectivity index (χ3v) is 2.52. The first-order valence-corrected chi connectivity index (χ1v) is 6.42. The zero-order valence-corrected chi connectivity index (χ0v) is 12.0. The van der Waals surface area contributed by atoms with Crippen LogP contribution in [0.1, 0.15) is 19.4 Å². The Balaban J connectivity index is 2.72. The molecule has 6 nitrogen and oxygen atoms in total. The van der Waals surface area contributed by atoms with Crippen molar-refractivity contribution in [3.8, 4) is 5.75 Å². The maximum Gasteiger partial charge on any atom is 0.406 e. The number of hydrogen-bond donors (Lipinski definition) is 2. The van der Waals surface area contributed by atoms with Crippen molar-refractivity contribution in [1.82, 2.24) is 5.32 Å². The van der Waals surface area contributed by atoms with Gasteiger partial charge >= 0.3 is 6.09 Å². The van der Waals surface area contributed by atoms with Crippen LogP contribution in [0, 0.1) is 0 Å². The molecule has 6 heteroatoms. The van der Waals surface area contributed by atoms with E-state index in [4.69, 9.17) is 4.74 Å². The molecular weight excluding hydrogens is 260 g/mol. The van der Waals surface area contributed by atoms with Crippen LogP contribution in [0.4, 0.5) is 10.5 Å². The Morgan fingerprint density at radius 2 is 2.05 bits per heavy atom. The molecule has 110 valence electrons. The standard InChI is InChI=1S/C14H20N2O4/c1-4-20-13-6-5-11(7-8-15-14(18)19-3)9-12(13)16-10(2)17/h5-6,9H,4,7-8H2,1-3H3,(H,15,18)(H,16,17). The van der Waals surface area contributed by atoms with Gasteiger partial charge in [0.05, 0.1) is 19.4 Å². The summed E-state index contributed by atoms with van der Waals surface area (Å²) in [4.78, 5) is 22.1. The zero-order chi connectivity index (χ0) is 15.0. The van der Waals surface area contributed by atoms with E-state index in [1.165, 1.54) is 14.0 Å². The fraction of sp³-hybridized carbons (Fsp3) is 0.429. The van der Waals surface area contributed by atoms with E-state index < -0.39 is 6.09 Å². The summed E-state index contributed by atoms with van der Waals surface area (Å²) < 4.78 is 9.94. The first kappa shape index (κ1) is 15.8. The van der Waals surface area contributed by atoms with E-state index in [0.29, 0.717) is 31.0 Å². The SMILES string of the molecule is CCOc1ccc(CCNC(=O)OC)cc1NC(C)=O. The van der Waals surface area contributed by atoms with E-state index in [0.717, 1.165) is 5.56 Å². The highest BCUT2D eigenvalue weighted by atomic mass is 16.5. The molecule has 0 aliphatic rings. The second-order valence-corrected chi connectivity index (χ2v) is 4.11. The van der Waals surface area contributed by atoms with E-state index in [9.17, 15) is 9.59 Å². The fourth-order valence-corrected chi connectivity index (χ4v) is 1.68. The lowest BCUT2D eigenvalue weighted by Gasteiger charge is -2.12. The largest absolute Gasteiger partial charge is 0.492 e. The molecule has 0 fully saturated rings. The summed E-state index contributed by atoms with van der Waals surface area (Å²) in [6.07, 6.45) is 0.173. The number of carbonyl (C=O) groups is 2. The number of carbonyl (C=O) groups excluding carboxylic acids is 2. The molecule has 2 amide bonds. The average molecular weight is 280 g/mol. The number of benzene rings is 1. The van der Waals surface area contributed by atoms with Crippen LogP contribution < -0.4 is 15.4 Å². The number of nitrogens with one attached hydrogen (secondary N) is 2. The summed E-state index contributed by atoms with van der Waals surface area (Å²) in [5.74, 6) is 0.475. The fourth-order valence-electron chi connectivity index (χ4n) is 1.68. The van der Waals surface area contributed by atoms with E-state index in [1.807, 2.05) is 25.1 Å². The first-order chi connectivity index (χ1) is 9.56. The Bertz CT molecular complexity index is 474. The second-order valence-electron chi connectivity index (χ2n) is 4.11. The maximum atomic E-state index is 11.2. The average Bonchev–Trinajstić information content (AvgIpc) is 2.41. The van der Waals surface area contributed by atoms with Crippen LogP contribution in [-0.4, -0.2) is 32.3 Å². The van der Waals surface area contributed by atoms with Crippen molar-refractivity contribution < 1.29 is 19.1 Å². The third kappa shape index (κ3) is 5.17. The lowest BCUT2D eigenvalue weighted by Crippen LogP contribution is -2.25. The van der Waals surface area contributed by atoms with Gasteiger partial charge in [0.25, 0.3) is 0 Å². The lowest BCUT2D eigenvalue weighted by atomic mass is 10.1. The molecule has 0 unspecified atom stereocenters. The lowest BCUT2D eigenvalue weighted by molar-refractivity contribution is -0.114. The van der Waals surface area contributed by atoms with Gasteiger partial charge in [-0.05, 0) is 31.0 Å². The van der Waals surface area contributed by atoms with Gasteiger partial charge in [-0.15, -0.1) is 0 Å². The molecule has 0 saturated heterocycles. The molecular formula is C14H20N2O4. The quantitative estimate of drug-likeness (QED) is 0.835. The molecule has 0 aliphatic heterocycles. The number of amides is 2. The zero-order valence-electron chi connectivity index (χ0n) is 12.0. The van der Waals surface area contributed by atoms with Gasteiger partial charge in [0.1, 0.15) is 5.75 Å². The van der Waals surface area contributed by atoms with Crippen LogP contribution in [0.3, 0.4) is 0 Å². The van der Waals surface area contributed by atoms with Crippen LogP contribution in [0.25, 0.3) is 0 Å². The number of methoxy groups -OCH3 is 1. The van der Waals surface area contributed by atoms with E-state index >= 15 is 0 Å². The van der Waals surface area contributed by atoms with Gasteiger partial charge < -0.3 is 20.1 Å². The summed E-state index contributed by atoms with van der Waals surface area (Å²) in [6.45, 7) is 4.31. The van der Waals surface area contributed by atoms with Gasteiger partial charge in [0.2, 0.25) is 5.91 Å². The Morgan fingerprint density at radius 3 is 2.65 bits per heavy atom. The van der Waals surface area contributed by atoms with Gasteiger partial charge in [-0.3, -0.25) is 4.79 Å². The molecule has 1 aromatic carbocycles. The van der Waals surface area contributed by atoms with Gasteiger partial charge in [-0.1, -0.05) is 6.07 Å². The second kappa shape index (κ2) is 8.04. The van der Waals surface area contributed by atoms with Gasteiger partial charge in [-0.2, -0.15) is 0 Å². The number of alkyl carbamates (subject to hydrolysis) is 1. The van der Waals surface area contributed by atoms with Crippen LogP contribution in [-0.2, 0) is 16.0 Å². The molecule has 20 heavy (non-hydrogen) atoms. The van der Waals surface area contributed by atoms with Gasteiger partial charge in [-0.25, -0.2) is 4.79 Å². The molecule has 0 radical (unpaired) electrons. The maximum absolute atomic E-state index is 11.2. The molecule has 0 aliphatic carbocycles. The highest BCUT2D eigenvalue weighted by Crippen LogP contribution is 2.26. The molecule has 0 spiro atoms. The Kier molecular flexibility index (Phi) is 6.36. The predicted molar refractivity (Wildman–Crippen MR) is 76.0 cm³/mol. The smallest absolute Gasteiger partial charge is 0.406 e. The van der Waals surface area contributed by atoms with Crippen molar-refractivity contribution in [3.05, 3.63) is 23.8 Å². The van der Waals surface area contributed by atoms with Gasteiger partial charge in [0, 0.05) is 13.5 Å². The highest BCUT2D eigenvalue weighted by Gasteiger charge is 2.07. The number of hydrogen-bond acceptors (Lipinski definition) is 4. The van der Waals surface area contributed by atoms with E-state index in [2.05, 4.69) is 15.4 Å². The minimum Gasteiger partial charge on any atom is -0.492 e. The summed E-state index contributed by atoms with van der Waals surface area (Å²) in [6, 6.07) is 5.54. The molecule has 0 heterocycles. The molecule has 2 N–H and O–H groups in total. The van der Waals surface area contributed by atoms with Crippen LogP contribution in [0.2, 0.25) is 0 Å². The monoisotopic (exact) mass is 280 g/mol. The molecule has 0 saturated carbocycles. The number of ether oxygens (including phenoxy) is 2. The third-order valence-electron chi connectivity index (χ3n) is 2.52. The summed E-state index contributed by atoms with van der Waals surface area (Å²) in [5, 5.41) is 5.33. The summed E-state index contributed by atoms with van der Waals surface area (Å²) >= 11 is 0. The molecule has 0 atom stereocenters. The van der Waals surface area contributed by atoms with Crippen LogP contribution in [0.5, 0.6) is 5.75 Å². The molecule has 0 bridgehead atoms. The minimum absolute atomic E-state index is 0.157. The number of rotatable bonds is 6. The van der Waals surface area contributed by atoms with Crippen molar-refractivity contribution in [3.63, 3.8) is 0 Å². The normalized spacial score (nSPS) is 9.75. The van der Waals surface area contributed by atoms with E-state index in [-0.39, 0.29) is 5.91 Å². The van der Waals surface area contributed by atoms with Crippen LogP contribution >= 0.6 is 0 Å². The Labute approximate surface area is 118 Å². The first-order valence-electron chi connectivity index (χ1n) is 6.42. The van der Waals surface area contributed by atoms with Crippen molar-refractivity contribution in [2.75, 3.05) is 25.6 Å². The summed E-state index contributed by atoms with van der Waals surface area (Å²) in [7, 11) is 1.32. The molecule has 1 aromatic rings. The summed E-state index contributed by atoms with van der Waals surface area (Å²) in [5.41, 5.74) is 1.61. The predicted octanol–water partition coefficient (Wildman–Crippen LogP) is 1.94. The molecule has 1 rings (SSSR count). The number of anilines is 1. The topological polar surface area (TPSA) is 76.7 Å². The van der Waals surface area contributed by atoms with Crippen molar-refractivity contribution in [2.45, 2.75) is 20.3 Å². The van der Waals surface area contributed by atoms with Crippen molar-refractivity contribution in [2.24, 2.45) is 0 Å². The minimum atomic E-state index is -0.460. The molecule has 0 aromatic heterocycles. The highest BCUT2D eigenvalue weighted by molar-refractivity contribution is 5.90. The Morgan fingerprint density at radius 1 is 1.30 bits per heavy atom. The van der Waals surface area contributed by atoms with Crippen molar-refractivity contribution in [1.29, 1.82) is 0 Å².